The zero-order valence-corrected chi connectivity index (χ0v) is 43.2. The molecule has 0 spiro atoms. The molecule has 0 unspecified atom stereocenters. The van der Waals surface area contributed by atoms with Gasteiger partial charge in [0, 0.05) is 19.6 Å². The molecule has 0 fully saturated rings. The first-order valence-corrected chi connectivity index (χ1v) is 43.5. The van der Waals surface area contributed by atoms with E-state index in [4.69, 9.17) is 38.0 Å². The average Bonchev–Trinajstić information content (AvgIpc) is 2.48. The molecule has 0 N–H and O–H groups in total. The average molecular weight is 783 g/mol. The van der Waals surface area contributed by atoms with E-state index < -0.39 is 82.1 Å². The Bertz CT molecular complexity index is 793. The van der Waals surface area contributed by atoms with Crippen molar-refractivity contribution in [3.8, 4) is 0 Å². The van der Waals surface area contributed by atoms with Gasteiger partial charge < -0.3 is 38.0 Å². The molecule has 0 aromatic heterocycles. The Morgan fingerprint density at radius 2 is 0.558 bits per heavy atom. The third kappa shape index (κ3) is 20.7. The van der Waals surface area contributed by atoms with Crippen LogP contribution in [0, 0.1) is 5.73 Å². The van der Waals surface area contributed by atoms with E-state index in [1.165, 1.54) is 0 Å². The van der Waals surface area contributed by atoms with Gasteiger partial charge in [-0.15, -0.1) is 0 Å². The topological polar surface area (TPSA) is 83.1 Å². The quantitative estimate of drug-likeness (QED) is 0.0983. The summed E-state index contributed by atoms with van der Waals surface area (Å²) in [4.78, 5) is 0. The van der Waals surface area contributed by atoms with Gasteiger partial charge in [-0.1, -0.05) is 0 Å². The molecule has 0 aliphatic rings. The predicted octanol–water partition coefficient (Wildman–Crippen LogP) is 7.42. The van der Waals surface area contributed by atoms with Crippen LogP contribution in [0.4, 0.5) is 0 Å². The van der Waals surface area contributed by atoms with Crippen LogP contribution in [0.25, 0.3) is 0 Å². The van der Waals surface area contributed by atoms with Gasteiger partial charge in [0.2, 0.25) is 0 Å². The van der Waals surface area contributed by atoms with E-state index in [1.807, 2.05) is 26.6 Å². The third-order valence-electron chi connectivity index (χ3n) is 4.69. The molecule has 0 rings (SSSR count). The van der Waals surface area contributed by atoms with Crippen LogP contribution >= 0.6 is 0 Å². The zero-order valence-electron chi connectivity index (χ0n) is 32.2. The third-order valence-corrected chi connectivity index (χ3v) is 32.0. The molecular weight excluding hydrogens is 713 g/mol. The van der Waals surface area contributed by atoms with Gasteiger partial charge in [0.25, 0.3) is 0 Å². The second-order valence-corrected chi connectivity index (χ2v) is 54.6. The summed E-state index contributed by atoms with van der Waals surface area (Å²) in [6.07, 6.45) is 0. The maximum absolute atomic E-state index is 7.12. The number of rotatable bonds is 19. The maximum Gasteiger partial charge on any atom is 0.478 e. The summed E-state index contributed by atoms with van der Waals surface area (Å²) in [6, 6.07) is 0. The van der Waals surface area contributed by atoms with E-state index >= 15 is 0 Å². The summed E-state index contributed by atoms with van der Waals surface area (Å²) < 4.78 is 61.9. The molecule has 0 amide bonds. The lowest BCUT2D eigenvalue weighted by Gasteiger charge is -2.49. The van der Waals surface area contributed by atoms with Crippen molar-refractivity contribution in [1.29, 1.82) is 0 Å². The van der Waals surface area contributed by atoms with Crippen LogP contribution in [-0.4, -0.2) is 92.3 Å². The minimum Gasteiger partial charge on any atom is -0.417 e. The summed E-state index contributed by atoms with van der Waals surface area (Å²) >= 11 is 0. The highest BCUT2D eigenvalue weighted by Crippen LogP contribution is 2.39. The fourth-order valence-corrected chi connectivity index (χ4v) is 38.4. The van der Waals surface area contributed by atoms with Crippen molar-refractivity contribution < 1.29 is 38.0 Å². The molecule has 0 bridgehead atoms. The van der Waals surface area contributed by atoms with Gasteiger partial charge in [-0.25, -0.2) is 0 Å². The van der Waals surface area contributed by atoms with Crippen molar-refractivity contribution in [1.82, 2.24) is 0 Å². The van der Waals surface area contributed by atoms with E-state index in [9.17, 15) is 0 Å². The van der Waals surface area contributed by atoms with Crippen LogP contribution in [0.15, 0.2) is 0 Å². The van der Waals surface area contributed by atoms with Crippen molar-refractivity contribution in [2.24, 2.45) is 0 Å². The Morgan fingerprint density at radius 3 is 0.744 bits per heavy atom. The van der Waals surface area contributed by atoms with E-state index in [0.717, 1.165) is 0 Å². The first-order valence-electron chi connectivity index (χ1n) is 15.4. The molecule has 0 saturated carbocycles. The lowest BCUT2D eigenvalue weighted by molar-refractivity contribution is -0.158. The van der Waals surface area contributed by atoms with Crippen molar-refractivity contribution in [2.75, 3.05) is 0 Å². The predicted molar refractivity (Wildman–Crippen MR) is 206 cm³/mol. The van der Waals surface area contributed by atoms with Gasteiger partial charge in [-0.2, -0.15) is 0 Å². The first kappa shape index (κ1) is 44.8. The lowest BCUT2D eigenvalue weighted by Crippen LogP contribution is -2.66. The van der Waals surface area contributed by atoms with Gasteiger partial charge in [0.1, 0.15) is 5.73 Å². The minimum absolute atomic E-state index is 0.482. The highest BCUT2D eigenvalue weighted by Gasteiger charge is 2.58. The largest absolute Gasteiger partial charge is 0.478 e. The van der Waals surface area contributed by atoms with Crippen LogP contribution in [0.5, 0.6) is 0 Å². The van der Waals surface area contributed by atoms with Gasteiger partial charge in [-0.3, -0.25) is 0 Å². The van der Waals surface area contributed by atoms with Gasteiger partial charge >= 0.3 is 26.4 Å². The van der Waals surface area contributed by atoms with Crippen LogP contribution in [0.1, 0.15) is 6.92 Å². The Kier molecular flexibility index (Phi) is 15.4. The van der Waals surface area contributed by atoms with Crippen molar-refractivity contribution in [3.05, 3.63) is 5.73 Å². The zero-order chi connectivity index (χ0) is 34.9. The van der Waals surface area contributed by atoms with Crippen LogP contribution in [-0.2, 0) is 38.0 Å². The SMILES string of the molecule is CC(O[Si](C)(O[Si](C)(C)C)O[Si](C)(C)C)(O[Si](C)(O[Si](C)(C)C)O[Si](C)(C)C)[C]([SiH3])O[Si](C)(O[Si](C)(C)C)O[Si](C)(C)C. The smallest absolute Gasteiger partial charge is 0.417 e. The highest BCUT2D eigenvalue weighted by molar-refractivity contribution is 6.87. The van der Waals surface area contributed by atoms with Crippen LogP contribution < -0.4 is 0 Å². The summed E-state index contributed by atoms with van der Waals surface area (Å²) in [5.41, 5.74) is 0.632. The molecule has 0 saturated heterocycles. The molecule has 0 aromatic carbocycles. The van der Waals surface area contributed by atoms with E-state index in [1.54, 1.807) is 0 Å². The molecule has 9 nitrogen and oxygen atoms in total. The van der Waals surface area contributed by atoms with E-state index in [0.29, 0.717) is 16.0 Å². The van der Waals surface area contributed by atoms with Gasteiger partial charge in [0.15, 0.2) is 55.7 Å². The molecule has 259 valence electrons. The standard InChI is InChI=1S/C24H69O9Si10/c1-24(26-42(21,30-37(8,9)10)31-38(11,12)13,27-43(22,32-39(14,15)16)33-40(17,18)19)23(34)25-41(20,28-35(2,3)4)29-36(5,6)7/h1-22,34H3. The summed E-state index contributed by atoms with van der Waals surface area (Å²) in [6.45, 7) is 46.8. The molecular formula is C24H69O9Si10. The summed E-state index contributed by atoms with van der Waals surface area (Å²) in [5.74, 6) is -1.37. The Morgan fingerprint density at radius 1 is 0.372 bits per heavy atom. The first-order chi connectivity index (χ1) is 18.3. The van der Waals surface area contributed by atoms with Crippen LogP contribution in [0.3, 0.4) is 0 Å². The summed E-state index contributed by atoms with van der Waals surface area (Å²) in [7, 11) is -21.8. The fourth-order valence-electron chi connectivity index (χ4n) is 4.77. The fraction of sp³-hybridized carbons (Fsp3) is 0.958. The molecule has 0 aromatic rings. The Balaban J connectivity index is 7.25. The van der Waals surface area contributed by atoms with Crippen LogP contribution in [0.2, 0.25) is 137 Å². The van der Waals surface area contributed by atoms with Gasteiger partial charge in [-0.05, 0) is 125 Å². The molecule has 0 atom stereocenters. The van der Waals surface area contributed by atoms with Crippen molar-refractivity contribution in [3.63, 3.8) is 0 Å². The second kappa shape index (κ2) is 14.7. The second-order valence-electron chi connectivity index (χ2n) is 17.7. The van der Waals surface area contributed by atoms with E-state index in [2.05, 4.69) is 118 Å². The summed E-state index contributed by atoms with van der Waals surface area (Å²) in [5, 5.41) is 0. The highest BCUT2D eigenvalue weighted by atomic mass is 28.5. The van der Waals surface area contributed by atoms with E-state index in [-0.39, 0.29) is 0 Å². The molecule has 0 aliphatic carbocycles. The van der Waals surface area contributed by atoms with Gasteiger partial charge in [0.05, 0.1) is 10.2 Å². The normalized spacial score (nSPS) is 16.0. The maximum atomic E-state index is 7.12. The number of hydrogen-bond acceptors (Lipinski definition) is 9. The Hall–Kier alpha value is 1.81. The minimum atomic E-state index is -3.30. The van der Waals surface area contributed by atoms with Crippen molar-refractivity contribution in [2.45, 2.75) is 150 Å². The molecule has 43 heavy (non-hydrogen) atoms. The Labute approximate surface area is 279 Å². The molecule has 1 radical (unpaired) electrons. The lowest BCUT2D eigenvalue weighted by atomic mass is 10.4. The monoisotopic (exact) mass is 781 g/mol. The molecule has 0 heterocycles. The van der Waals surface area contributed by atoms with Crippen molar-refractivity contribution >= 4 is 86.6 Å². The molecule has 19 heteroatoms. The molecule has 0 aliphatic heterocycles. The number of hydrogen-bond donors (Lipinski definition) is 0.